The van der Waals surface area contributed by atoms with E-state index in [9.17, 15) is 4.79 Å². The highest BCUT2D eigenvalue weighted by atomic mass is 16.5. The van der Waals surface area contributed by atoms with Gasteiger partial charge in [-0.1, -0.05) is 12.1 Å². The van der Waals surface area contributed by atoms with E-state index >= 15 is 0 Å². The zero-order chi connectivity index (χ0) is 19.1. The lowest BCUT2D eigenvalue weighted by molar-refractivity contribution is 0.211. The molecule has 0 aromatic heterocycles. The first kappa shape index (κ1) is 18.7. The smallest absolute Gasteiger partial charge is 0.321 e. The number of carbonyl (C=O) groups excluding carboxylic acids is 1. The van der Waals surface area contributed by atoms with E-state index in [1.807, 2.05) is 17.0 Å². The fraction of sp³-hybridized carbons (Fsp3) is 0.333. The Morgan fingerprint density at radius 1 is 1.07 bits per heavy atom. The normalized spacial score (nSPS) is 14.9. The average Bonchev–Trinajstić information content (AvgIpc) is 2.95. The van der Waals surface area contributed by atoms with Gasteiger partial charge in [-0.15, -0.1) is 0 Å². The van der Waals surface area contributed by atoms with Crippen LogP contribution >= 0.6 is 0 Å². The van der Waals surface area contributed by atoms with Gasteiger partial charge in [0, 0.05) is 38.4 Å². The number of nitriles is 1. The predicted molar refractivity (Wildman–Crippen MR) is 105 cm³/mol. The molecule has 2 amide bonds. The third kappa shape index (κ3) is 5.22. The molecule has 6 nitrogen and oxygen atoms in total. The molecule has 140 valence electrons. The highest BCUT2D eigenvalue weighted by Crippen LogP contribution is 2.15. The standard InChI is InChI=1S/C21H24N4O2/c1-27-20-9-5-18(6-10-20)16-24-11-2-12-25(14-13-24)21(26)23-19-7-3-17(15-22)4-8-19/h3-10H,2,11-14,16H2,1H3,(H,23,26). The Bertz CT molecular complexity index is 796. The van der Waals surface area contributed by atoms with Crippen molar-refractivity contribution in [2.24, 2.45) is 0 Å². The van der Waals surface area contributed by atoms with Crippen LogP contribution in [0.25, 0.3) is 0 Å². The summed E-state index contributed by atoms with van der Waals surface area (Å²) in [6.45, 7) is 4.11. The van der Waals surface area contributed by atoms with E-state index in [1.54, 1.807) is 31.4 Å². The van der Waals surface area contributed by atoms with Crippen LogP contribution < -0.4 is 10.1 Å². The maximum Gasteiger partial charge on any atom is 0.321 e. The van der Waals surface area contributed by atoms with Gasteiger partial charge < -0.3 is 15.0 Å². The Balaban J connectivity index is 1.52. The number of hydrogen-bond donors (Lipinski definition) is 1. The molecular weight excluding hydrogens is 340 g/mol. The van der Waals surface area contributed by atoms with Gasteiger partial charge in [0.2, 0.25) is 0 Å². The van der Waals surface area contributed by atoms with Crippen molar-refractivity contribution in [1.29, 1.82) is 5.26 Å². The Morgan fingerprint density at radius 2 is 1.81 bits per heavy atom. The molecule has 0 saturated carbocycles. The number of ether oxygens (including phenoxy) is 1. The number of amides is 2. The molecule has 3 rings (SSSR count). The lowest BCUT2D eigenvalue weighted by Crippen LogP contribution is -2.38. The molecule has 0 aliphatic carbocycles. The summed E-state index contributed by atoms with van der Waals surface area (Å²) >= 11 is 0. The molecule has 1 aliphatic heterocycles. The number of hydrogen-bond acceptors (Lipinski definition) is 4. The highest BCUT2D eigenvalue weighted by Gasteiger charge is 2.19. The molecule has 1 N–H and O–H groups in total. The first-order valence-corrected chi connectivity index (χ1v) is 9.09. The zero-order valence-corrected chi connectivity index (χ0v) is 15.5. The minimum atomic E-state index is -0.0917. The van der Waals surface area contributed by atoms with Crippen LogP contribution in [0.5, 0.6) is 5.75 Å². The van der Waals surface area contributed by atoms with Crippen molar-refractivity contribution < 1.29 is 9.53 Å². The summed E-state index contributed by atoms with van der Waals surface area (Å²) in [7, 11) is 1.67. The summed E-state index contributed by atoms with van der Waals surface area (Å²) < 4.78 is 5.20. The number of carbonyl (C=O) groups is 1. The number of benzene rings is 2. The van der Waals surface area contributed by atoms with Crippen LogP contribution in [0, 0.1) is 11.3 Å². The monoisotopic (exact) mass is 364 g/mol. The molecule has 27 heavy (non-hydrogen) atoms. The van der Waals surface area contributed by atoms with Crippen LogP contribution in [-0.2, 0) is 6.54 Å². The van der Waals surface area contributed by atoms with E-state index in [-0.39, 0.29) is 6.03 Å². The quantitative estimate of drug-likeness (QED) is 0.904. The average molecular weight is 364 g/mol. The van der Waals surface area contributed by atoms with Crippen molar-refractivity contribution >= 4 is 11.7 Å². The van der Waals surface area contributed by atoms with Gasteiger partial charge in [-0.2, -0.15) is 5.26 Å². The third-order valence-electron chi connectivity index (χ3n) is 4.71. The molecule has 1 saturated heterocycles. The zero-order valence-electron chi connectivity index (χ0n) is 15.5. The summed E-state index contributed by atoms with van der Waals surface area (Å²) in [5.41, 5.74) is 2.53. The van der Waals surface area contributed by atoms with Gasteiger partial charge in [0.05, 0.1) is 18.7 Å². The van der Waals surface area contributed by atoms with Crippen molar-refractivity contribution in [2.75, 3.05) is 38.6 Å². The topological polar surface area (TPSA) is 68.6 Å². The second-order valence-corrected chi connectivity index (χ2v) is 6.58. The molecule has 0 bridgehead atoms. The number of rotatable bonds is 4. The SMILES string of the molecule is COc1ccc(CN2CCCN(C(=O)Nc3ccc(C#N)cc3)CC2)cc1. The molecule has 0 spiro atoms. The summed E-state index contributed by atoms with van der Waals surface area (Å²) in [5, 5.41) is 11.8. The number of methoxy groups -OCH3 is 1. The Hall–Kier alpha value is -3.04. The number of nitrogens with one attached hydrogen (secondary N) is 1. The van der Waals surface area contributed by atoms with E-state index in [0.29, 0.717) is 17.8 Å². The Morgan fingerprint density at radius 3 is 2.48 bits per heavy atom. The molecule has 0 atom stereocenters. The Kier molecular flexibility index (Phi) is 6.29. The van der Waals surface area contributed by atoms with Crippen molar-refractivity contribution in [3.63, 3.8) is 0 Å². The van der Waals surface area contributed by atoms with Crippen LogP contribution in [0.3, 0.4) is 0 Å². The number of anilines is 1. The van der Waals surface area contributed by atoms with Crippen LogP contribution in [0.1, 0.15) is 17.5 Å². The lowest BCUT2D eigenvalue weighted by atomic mass is 10.2. The maximum absolute atomic E-state index is 12.5. The summed E-state index contributed by atoms with van der Waals surface area (Å²) in [5.74, 6) is 0.861. The molecule has 1 aliphatic rings. The molecule has 2 aromatic rings. The van der Waals surface area contributed by atoms with E-state index in [0.717, 1.165) is 38.3 Å². The predicted octanol–water partition coefficient (Wildman–Crippen LogP) is 3.31. The van der Waals surface area contributed by atoms with Crippen molar-refractivity contribution in [2.45, 2.75) is 13.0 Å². The fourth-order valence-corrected chi connectivity index (χ4v) is 3.15. The van der Waals surface area contributed by atoms with Crippen LogP contribution in [-0.4, -0.2) is 49.1 Å². The molecule has 1 fully saturated rings. The third-order valence-corrected chi connectivity index (χ3v) is 4.71. The second kappa shape index (κ2) is 9.06. The van der Waals surface area contributed by atoms with E-state index in [4.69, 9.17) is 10.00 Å². The van der Waals surface area contributed by atoms with Gasteiger partial charge in [-0.25, -0.2) is 4.79 Å². The number of urea groups is 1. The Labute approximate surface area is 160 Å². The molecule has 6 heteroatoms. The molecule has 1 heterocycles. The van der Waals surface area contributed by atoms with Crippen LogP contribution in [0.15, 0.2) is 48.5 Å². The minimum Gasteiger partial charge on any atom is -0.497 e. The molecule has 0 radical (unpaired) electrons. The van der Waals surface area contributed by atoms with Gasteiger partial charge in [0.25, 0.3) is 0 Å². The van der Waals surface area contributed by atoms with Crippen molar-refractivity contribution in [3.8, 4) is 11.8 Å². The van der Waals surface area contributed by atoms with Crippen LogP contribution in [0.2, 0.25) is 0 Å². The molecule has 2 aromatic carbocycles. The first-order valence-electron chi connectivity index (χ1n) is 9.09. The van der Waals surface area contributed by atoms with Gasteiger partial charge in [-0.3, -0.25) is 4.90 Å². The van der Waals surface area contributed by atoms with Crippen LogP contribution in [0.4, 0.5) is 10.5 Å². The van der Waals surface area contributed by atoms with E-state index in [1.165, 1.54) is 5.56 Å². The maximum atomic E-state index is 12.5. The van der Waals surface area contributed by atoms with E-state index in [2.05, 4.69) is 28.4 Å². The number of nitrogens with zero attached hydrogens (tertiary/aromatic N) is 3. The fourth-order valence-electron chi connectivity index (χ4n) is 3.15. The van der Waals surface area contributed by atoms with E-state index < -0.39 is 0 Å². The molecular formula is C21H24N4O2. The van der Waals surface area contributed by atoms with Crippen molar-refractivity contribution in [1.82, 2.24) is 9.80 Å². The van der Waals surface area contributed by atoms with Gasteiger partial charge in [-0.05, 0) is 48.4 Å². The summed E-state index contributed by atoms with van der Waals surface area (Å²) in [6, 6.07) is 17.0. The molecule has 0 unspecified atom stereocenters. The summed E-state index contributed by atoms with van der Waals surface area (Å²) in [6.07, 6.45) is 0.941. The van der Waals surface area contributed by atoms with Gasteiger partial charge >= 0.3 is 6.03 Å². The van der Waals surface area contributed by atoms with Crippen molar-refractivity contribution in [3.05, 3.63) is 59.7 Å². The van der Waals surface area contributed by atoms with Gasteiger partial charge in [0.1, 0.15) is 5.75 Å². The van der Waals surface area contributed by atoms with Gasteiger partial charge in [0.15, 0.2) is 0 Å². The lowest BCUT2D eigenvalue weighted by Gasteiger charge is -2.22. The largest absolute Gasteiger partial charge is 0.497 e. The second-order valence-electron chi connectivity index (χ2n) is 6.58. The highest BCUT2D eigenvalue weighted by molar-refractivity contribution is 5.89. The minimum absolute atomic E-state index is 0.0917. The first-order chi connectivity index (χ1) is 13.2. The summed E-state index contributed by atoms with van der Waals surface area (Å²) in [4.78, 5) is 16.8.